The van der Waals surface area contributed by atoms with Crippen molar-refractivity contribution in [1.29, 1.82) is 0 Å². The molecule has 2 saturated carbocycles. The van der Waals surface area contributed by atoms with Crippen molar-refractivity contribution in [3.8, 4) is 0 Å². The number of nitrogens with one attached hydrogen (secondary N) is 1. The van der Waals surface area contributed by atoms with E-state index in [0.717, 1.165) is 26.4 Å². The van der Waals surface area contributed by atoms with Gasteiger partial charge in [0.1, 0.15) is 0 Å². The van der Waals surface area contributed by atoms with Gasteiger partial charge in [0.15, 0.2) is 0 Å². The van der Waals surface area contributed by atoms with Gasteiger partial charge in [0.2, 0.25) is 0 Å². The third-order valence-corrected chi connectivity index (χ3v) is 6.25. The number of methoxy groups -OCH3 is 1. The standard InChI is InChI=1S/C20H26F3NO2/c1-12(2)16-13-9-10-14(11-13)17(16)24-18(25)19(26-3,20(21,22)23)15-7-5-4-6-8-15/h4-8,12-14,16-17H,9-11H2,1-3H3,(H,24,25)/t13-,14+,16+,17+,19+/m1/s1. The first-order valence-corrected chi connectivity index (χ1v) is 9.20. The van der Waals surface area contributed by atoms with Gasteiger partial charge in [-0.3, -0.25) is 4.79 Å². The number of carbonyl (C=O) groups is 1. The van der Waals surface area contributed by atoms with Gasteiger partial charge in [-0.1, -0.05) is 44.2 Å². The highest BCUT2D eigenvalue weighted by Crippen LogP contribution is 2.52. The van der Waals surface area contributed by atoms with Gasteiger partial charge in [-0.15, -0.1) is 0 Å². The molecule has 0 heterocycles. The SMILES string of the molecule is CO[C@](C(=O)N[C@H]1[C@H]2CC[C@H](C2)[C@@H]1C(C)C)(c1ccccc1)C(F)(F)F. The van der Waals surface area contributed by atoms with Crippen LogP contribution in [-0.2, 0) is 15.1 Å². The first-order valence-electron chi connectivity index (χ1n) is 9.20. The Morgan fingerprint density at radius 3 is 2.31 bits per heavy atom. The minimum Gasteiger partial charge on any atom is -0.356 e. The summed E-state index contributed by atoms with van der Waals surface area (Å²) in [6.07, 6.45) is -1.80. The number of rotatable bonds is 5. The van der Waals surface area contributed by atoms with E-state index in [1.807, 2.05) is 0 Å². The van der Waals surface area contributed by atoms with Crippen LogP contribution in [0.2, 0.25) is 0 Å². The van der Waals surface area contributed by atoms with Gasteiger partial charge >= 0.3 is 6.18 Å². The Hall–Kier alpha value is -1.56. The fraction of sp³-hybridized carbons (Fsp3) is 0.650. The van der Waals surface area contributed by atoms with Crippen LogP contribution in [0, 0.1) is 23.7 Å². The Morgan fingerprint density at radius 1 is 1.15 bits per heavy atom. The molecule has 2 bridgehead atoms. The highest BCUT2D eigenvalue weighted by Gasteiger charge is 2.63. The molecule has 1 amide bonds. The van der Waals surface area contributed by atoms with Gasteiger partial charge in [0, 0.05) is 18.7 Å². The molecule has 1 N–H and O–H groups in total. The highest BCUT2D eigenvalue weighted by molar-refractivity contribution is 5.88. The van der Waals surface area contributed by atoms with E-state index in [1.165, 1.54) is 24.3 Å². The summed E-state index contributed by atoms with van der Waals surface area (Å²) in [6, 6.07) is 6.94. The fourth-order valence-corrected chi connectivity index (χ4v) is 5.18. The van der Waals surface area contributed by atoms with E-state index < -0.39 is 17.7 Å². The van der Waals surface area contributed by atoms with E-state index in [2.05, 4.69) is 19.2 Å². The number of ether oxygens (including phenoxy) is 1. The average molecular weight is 369 g/mol. The van der Waals surface area contributed by atoms with Crippen LogP contribution in [0.25, 0.3) is 0 Å². The van der Waals surface area contributed by atoms with E-state index in [1.54, 1.807) is 6.07 Å². The van der Waals surface area contributed by atoms with Crippen LogP contribution in [-0.4, -0.2) is 25.2 Å². The lowest BCUT2D eigenvalue weighted by Gasteiger charge is -2.39. The molecule has 5 atom stereocenters. The van der Waals surface area contributed by atoms with Crippen molar-refractivity contribution in [1.82, 2.24) is 5.32 Å². The van der Waals surface area contributed by atoms with Gasteiger partial charge in [0.05, 0.1) is 0 Å². The quantitative estimate of drug-likeness (QED) is 0.841. The number of hydrogen-bond donors (Lipinski definition) is 1. The maximum atomic E-state index is 14.0. The third kappa shape index (κ3) is 2.92. The van der Waals surface area contributed by atoms with E-state index in [-0.39, 0.29) is 23.4 Å². The largest absolute Gasteiger partial charge is 0.430 e. The number of fused-ring (bicyclic) bond motifs is 2. The third-order valence-electron chi connectivity index (χ3n) is 6.25. The molecule has 0 spiro atoms. The Bertz CT molecular complexity index is 646. The maximum absolute atomic E-state index is 14.0. The van der Waals surface area contributed by atoms with Crippen molar-refractivity contribution in [3.05, 3.63) is 35.9 Å². The van der Waals surface area contributed by atoms with Crippen LogP contribution in [0.5, 0.6) is 0 Å². The van der Waals surface area contributed by atoms with Crippen LogP contribution in [0.1, 0.15) is 38.7 Å². The monoisotopic (exact) mass is 369 g/mol. The van der Waals surface area contributed by atoms with E-state index >= 15 is 0 Å². The van der Waals surface area contributed by atoms with Gasteiger partial charge < -0.3 is 10.1 Å². The molecule has 1 aromatic carbocycles. The summed E-state index contributed by atoms with van der Waals surface area (Å²) in [5, 5.41) is 2.75. The second-order valence-electron chi connectivity index (χ2n) is 7.90. The van der Waals surface area contributed by atoms with Crippen molar-refractivity contribution >= 4 is 5.91 Å². The molecule has 2 fully saturated rings. The highest BCUT2D eigenvalue weighted by atomic mass is 19.4. The maximum Gasteiger partial charge on any atom is 0.430 e. The smallest absolute Gasteiger partial charge is 0.356 e. The lowest BCUT2D eigenvalue weighted by Crippen LogP contribution is -2.59. The summed E-state index contributed by atoms with van der Waals surface area (Å²) in [4.78, 5) is 13.0. The molecule has 0 aliphatic heterocycles. The second kappa shape index (κ2) is 6.87. The summed E-state index contributed by atoms with van der Waals surface area (Å²) in [6.45, 7) is 4.16. The second-order valence-corrected chi connectivity index (χ2v) is 7.90. The van der Waals surface area contributed by atoms with Gasteiger partial charge in [-0.05, 0) is 42.9 Å². The topological polar surface area (TPSA) is 38.3 Å². The number of alkyl halides is 3. The lowest BCUT2D eigenvalue weighted by atomic mass is 9.77. The molecule has 0 unspecified atom stereocenters. The molecule has 0 aromatic heterocycles. The molecule has 3 nitrogen and oxygen atoms in total. The molecule has 0 radical (unpaired) electrons. The summed E-state index contributed by atoms with van der Waals surface area (Å²) in [5.74, 6) is 0.174. The minimum atomic E-state index is -4.86. The molecule has 2 aliphatic rings. The van der Waals surface area contributed by atoms with Crippen molar-refractivity contribution < 1.29 is 22.7 Å². The number of carbonyl (C=O) groups excluding carboxylic acids is 1. The van der Waals surface area contributed by atoms with Crippen molar-refractivity contribution in [2.75, 3.05) is 7.11 Å². The molecule has 3 rings (SSSR count). The molecular weight excluding hydrogens is 343 g/mol. The van der Waals surface area contributed by atoms with Crippen LogP contribution >= 0.6 is 0 Å². The first-order chi connectivity index (χ1) is 12.2. The van der Waals surface area contributed by atoms with Crippen molar-refractivity contribution in [2.24, 2.45) is 23.7 Å². The molecule has 0 saturated heterocycles. The molecule has 6 heteroatoms. The molecular formula is C20H26F3NO2. The van der Waals surface area contributed by atoms with Gasteiger partial charge in [-0.2, -0.15) is 13.2 Å². The molecule has 26 heavy (non-hydrogen) atoms. The number of amides is 1. The predicted octanol–water partition coefficient (Wildman–Crippen LogP) is 4.28. The minimum absolute atomic E-state index is 0.197. The van der Waals surface area contributed by atoms with Crippen LogP contribution in [0.4, 0.5) is 13.2 Å². The first kappa shape index (κ1) is 19.2. The number of halogens is 3. The normalized spacial score (nSPS) is 30.4. The zero-order chi connectivity index (χ0) is 19.1. The predicted molar refractivity (Wildman–Crippen MR) is 92.3 cm³/mol. The Labute approximate surface area is 152 Å². The lowest BCUT2D eigenvalue weighted by molar-refractivity contribution is -0.266. The van der Waals surface area contributed by atoms with Gasteiger partial charge in [-0.25, -0.2) is 0 Å². The van der Waals surface area contributed by atoms with Crippen LogP contribution < -0.4 is 5.32 Å². The molecule has 1 aromatic rings. The fourth-order valence-electron chi connectivity index (χ4n) is 5.18. The zero-order valence-corrected chi connectivity index (χ0v) is 15.3. The van der Waals surface area contributed by atoms with Crippen molar-refractivity contribution in [3.63, 3.8) is 0 Å². The van der Waals surface area contributed by atoms with Crippen LogP contribution in [0.15, 0.2) is 30.3 Å². The summed E-state index contributed by atoms with van der Waals surface area (Å²) >= 11 is 0. The average Bonchev–Trinajstić information content (AvgIpc) is 3.17. The molecule has 2 aliphatic carbocycles. The molecule has 144 valence electrons. The van der Waals surface area contributed by atoms with E-state index in [4.69, 9.17) is 4.74 Å². The Kier molecular flexibility index (Phi) is 5.08. The summed E-state index contributed by atoms with van der Waals surface area (Å²) in [7, 11) is 0.945. The van der Waals surface area contributed by atoms with Crippen LogP contribution in [0.3, 0.4) is 0 Å². The summed E-state index contributed by atoms with van der Waals surface area (Å²) < 4.78 is 47.0. The van der Waals surface area contributed by atoms with Gasteiger partial charge in [0.25, 0.3) is 11.5 Å². The van der Waals surface area contributed by atoms with Crippen molar-refractivity contribution in [2.45, 2.75) is 50.9 Å². The number of hydrogen-bond acceptors (Lipinski definition) is 2. The number of benzene rings is 1. The Balaban J connectivity index is 1.94. The summed E-state index contributed by atoms with van der Waals surface area (Å²) in [5.41, 5.74) is -3.19. The van der Waals surface area contributed by atoms with E-state index in [0.29, 0.717) is 11.8 Å². The Morgan fingerprint density at radius 2 is 1.77 bits per heavy atom. The zero-order valence-electron chi connectivity index (χ0n) is 15.3. The van der Waals surface area contributed by atoms with E-state index in [9.17, 15) is 18.0 Å².